The van der Waals surface area contributed by atoms with Crippen molar-refractivity contribution in [2.45, 2.75) is 6.92 Å². The molecule has 1 heterocycles. The van der Waals surface area contributed by atoms with Crippen molar-refractivity contribution in [3.63, 3.8) is 0 Å². The Hall–Kier alpha value is -2.36. The Morgan fingerprint density at radius 3 is 2.78 bits per heavy atom. The smallest absolute Gasteiger partial charge is 0.231 e. The van der Waals surface area contributed by atoms with Crippen LogP contribution in [0.4, 0.5) is 5.69 Å². The fourth-order valence-corrected chi connectivity index (χ4v) is 1.87. The average Bonchev–Trinajstić information content (AvgIpc) is 2.81. The van der Waals surface area contributed by atoms with E-state index in [-0.39, 0.29) is 6.79 Å². The van der Waals surface area contributed by atoms with Gasteiger partial charge in [-0.1, -0.05) is 12.1 Å². The molecule has 0 bridgehead atoms. The van der Waals surface area contributed by atoms with Crippen molar-refractivity contribution < 1.29 is 14.2 Å². The maximum Gasteiger partial charge on any atom is 0.231 e. The van der Waals surface area contributed by atoms with Crippen molar-refractivity contribution in [1.82, 2.24) is 0 Å². The molecule has 92 valence electrons. The van der Waals surface area contributed by atoms with Crippen LogP contribution in [0.2, 0.25) is 0 Å². The minimum absolute atomic E-state index is 0.255. The number of nitrogen functional groups attached to an aromatic ring is 1. The van der Waals surface area contributed by atoms with Crippen LogP contribution < -0.4 is 19.9 Å². The van der Waals surface area contributed by atoms with E-state index in [1.807, 2.05) is 37.3 Å². The van der Waals surface area contributed by atoms with E-state index in [1.165, 1.54) is 0 Å². The minimum atomic E-state index is 0.255. The summed E-state index contributed by atoms with van der Waals surface area (Å²) in [6.07, 6.45) is 0. The zero-order valence-corrected chi connectivity index (χ0v) is 9.97. The van der Waals surface area contributed by atoms with Gasteiger partial charge in [-0.15, -0.1) is 0 Å². The maximum atomic E-state index is 5.90. The molecule has 0 atom stereocenters. The summed E-state index contributed by atoms with van der Waals surface area (Å²) in [5.74, 6) is 2.79. The largest absolute Gasteiger partial charge is 0.455 e. The summed E-state index contributed by atoms with van der Waals surface area (Å²) in [7, 11) is 0. The molecule has 3 rings (SSSR count). The molecule has 0 spiro atoms. The molecule has 0 saturated carbocycles. The lowest BCUT2D eigenvalue weighted by Gasteiger charge is -2.11. The van der Waals surface area contributed by atoms with E-state index in [0.29, 0.717) is 22.9 Å². The predicted octanol–water partition coefficient (Wildman–Crippen LogP) is 3.10. The number of hydrogen-bond acceptors (Lipinski definition) is 4. The summed E-state index contributed by atoms with van der Waals surface area (Å²) in [5.41, 5.74) is 7.51. The summed E-state index contributed by atoms with van der Waals surface area (Å²) in [5, 5.41) is 0. The van der Waals surface area contributed by atoms with Gasteiger partial charge in [0.1, 0.15) is 5.75 Å². The van der Waals surface area contributed by atoms with Gasteiger partial charge in [-0.25, -0.2) is 0 Å². The summed E-state index contributed by atoms with van der Waals surface area (Å²) in [6, 6.07) is 11.1. The van der Waals surface area contributed by atoms with E-state index in [2.05, 4.69) is 0 Å². The zero-order chi connectivity index (χ0) is 12.5. The molecule has 0 amide bonds. The van der Waals surface area contributed by atoms with Gasteiger partial charge in [0.25, 0.3) is 0 Å². The highest BCUT2D eigenvalue weighted by Gasteiger charge is 2.14. The topological polar surface area (TPSA) is 53.7 Å². The van der Waals surface area contributed by atoms with Gasteiger partial charge in [-0.05, 0) is 30.7 Å². The van der Waals surface area contributed by atoms with E-state index in [9.17, 15) is 0 Å². The molecule has 1 aliphatic heterocycles. The number of rotatable bonds is 2. The van der Waals surface area contributed by atoms with Gasteiger partial charge in [0.2, 0.25) is 6.79 Å². The van der Waals surface area contributed by atoms with Gasteiger partial charge in [0, 0.05) is 6.07 Å². The lowest BCUT2D eigenvalue weighted by molar-refractivity contribution is 0.174. The van der Waals surface area contributed by atoms with Gasteiger partial charge < -0.3 is 19.9 Å². The second-order valence-corrected chi connectivity index (χ2v) is 4.11. The highest BCUT2D eigenvalue weighted by atomic mass is 16.7. The van der Waals surface area contributed by atoms with Crippen molar-refractivity contribution in [3.05, 3.63) is 42.0 Å². The number of nitrogens with two attached hydrogens (primary N) is 1. The molecule has 0 unspecified atom stereocenters. The zero-order valence-electron chi connectivity index (χ0n) is 9.97. The molecule has 0 radical (unpaired) electrons. The van der Waals surface area contributed by atoms with E-state index in [1.54, 1.807) is 6.07 Å². The van der Waals surface area contributed by atoms with Crippen molar-refractivity contribution >= 4 is 5.69 Å². The van der Waals surface area contributed by atoms with E-state index in [4.69, 9.17) is 19.9 Å². The van der Waals surface area contributed by atoms with Gasteiger partial charge in [-0.2, -0.15) is 0 Å². The molecule has 0 fully saturated rings. The van der Waals surface area contributed by atoms with Crippen LogP contribution in [0.5, 0.6) is 23.0 Å². The van der Waals surface area contributed by atoms with E-state index < -0.39 is 0 Å². The first-order valence-electron chi connectivity index (χ1n) is 5.66. The number of para-hydroxylation sites is 1. The molecule has 2 N–H and O–H groups in total. The van der Waals surface area contributed by atoms with Crippen molar-refractivity contribution in [1.29, 1.82) is 0 Å². The van der Waals surface area contributed by atoms with Gasteiger partial charge in [0.05, 0.1) is 5.69 Å². The van der Waals surface area contributed by atoms with Gasteiger partial charge >= 0.3 is 0 Å². The SMILES string of the molecule is Cc1cccc(N)c1Oc1ccc2c(c1)OCO2. The normalized spacial score (nSPS) is 12.5. The van der Waals surface area contributed by atoms with Gasteiger partial charge in [-0.3, -0.25) is 0 Å². The average molecular weight is 243 g/mol. The van der Waals surface area contributed by atoms with Crippen LogP contribution in [-0.2, 0) is 0 Å². The van der Waals surface area contributed by atoms with Crippen LogP contribution >= 0.6 is 0 Å². The molecular weight excluding hydrogens is 230 g/mol. The second-order valence-electron chi connectivity index (χ2n) is 4.11. The Labute approximate surface area is 105 Å². The molecule has 0 saturated heterocycles. The molecule has 2 aromatic carbocycles. The highest BCUT2D eigenvalue weighted by Crippen LogP contribution is 2.38. The predicted molar refractivity (Wildman–Crippen MR) is 68.2 cm³/mol. The van der Waals surface area contributed by atoms with Crippen LogP contribution in [0.15, 0.2) is 36.4 Å². The highest BCUT2D eigenvalue weighted by molar-refractivity contribution is 5.58. The number of ether oxygens (including phenoxy) is 3. The minimum Gasteiger partial charge on any atom is -0.455 e. The maximum absolute atomic E-state index is 5.90. The van der Waals surface area contributed by atoms with Crippen molar-refractivity contribution in [2.24, 2.45) is 0 Å². The molecular formula is C14H13NO3. The number of fused-ring (bicyclic) bond motifs is 1. The van der Waals surface area contributed by atoms with Crippen molar-refractivity contribution in [3.8, 4) is 23.0 Å². The third-order valence-corrected chi connectivity index (χ3v) is 2.81. The molecule has 2 aromatic rings. The second kappa shape index (κ2) is 4.14. The standard InChI is InChI=1S/C14H13NO3/c1-9-3-2-4-11(15)14(9)18-10-5-6-12-13(7-10)17-8-16-12/h2-7H,8,15H2,1H3. The third kappa shape index (κ3) is 1.82. The van der Waals surface area contributed by atoms with Crippen LogP contribution in [0.3, 0.4) is 0 Å². The fourth-order valence-electron chi connectivity index (χ4n) is 1.87. The van der Waals surface area contributed by atoms with Crippen LogP contribution in [0, 0.1) is 6.92 Å². The Morgan fingerprint density at radius 2 is 1.94 bits per heavy atom. The summed E-state index contributed by atoms with van der Waals surface area (Å²) in [6.45, 7) is 2.21. The van der Waals surface area contributed by atoms with E-state index in [0.717, 1.165) is 11.3 Å². The quantitative estimate of drug-likeness (QED) is 0.823. The Bertz CT molecular complexity index is 575. The number of benzene rings is 2. The molecule has 1 aliphatic rings. The number of aryl methyl sites for hydroxylation is 1. The lowest BCUT2D eigenvalue weighted by atomic mass is 10.2. The Morgan fingerprint density at radius 1 is 1.11 bits per heavy atom. The molecule has 0 aromatic heterocycles. The Kier molecular flexibility index (Phi) is 2.48. The monoisotopic (exact) mass is 243 g/mol. The van der Waals surface area contributed by atoms with Crippen LogP contribution in [0.1, 0.15) is 5.56 Å². The van der Waals surface area contributed by atoms with Crippen LogP contribution in [0.25, 0.3) is 0 Å². The first kappa shape index (κ1) is 10.8. The first-order valence-corrected chi connectivity index (χ1v) is 5.66. The summed E-state index contributed by atoms with van der Waals surface area (Å²) >= 11 is 0. The molecule has 0 aliphatic carbocycles. The van der Waals surface area contributed by atoms with Crippen molar-refractivity contribution in [2.75, 3.05) is 12.5 Å². The first-order chi connectivity index (χ1) is 8.74. The third-order valence-electron chi connectivity index (χ3n) is 2.81. The number of anilines is 1. The fraction of sp³-hybridized carbons (Fsp3) is 0.143. The summed E-state index contributed by atoms with van der Waals surface area (Å²) in [4.78, 5) is 0. The van der Waals surface area contributed by atoms with Crippen LogP contribution in [-0.4, -0.2) is 6.79 Å². The number of hydrogen-bond donors (Lipinski definition) is 1. The Balaban J connectivity index is 1.93. The molecule has 4 nitrogen and oxygen atoms in total. The molecule has 18 heavy (non-hydrogen) atoms. The van der Waals surface area contributed by atoms with E-state index >= 15 is 0 Å². The molecule has 4 heteroatoms. The van der Waals surface area contributed by atoms with Gasteiger partial charge in [0.15, 0.2) is 17.2 Å². The summed E-state index contributed by atoms with van der Waals surface area (Å²) < 4.78 is 16.4. The lowest BCUT2D eigenvalue weighted by Crippen LogP contribution is -1.94.